The molecule has 1 aromatic carbocycles. The maximum Gasteiger partial charge on any atom is 0.191 e. The Morgan fingerprint density at radius 2 is 2.00 bits per heavy atom. The summed E-state index contributed by atoms with van der Waals surface area (Å²) in [6.07, 6.45) is 3.43. The Morgan fingerprint density at radius 1 is 1.25 bits per heavy atom. The number of aliphatic imine (C=N–C) groups is 1. The molecule has 0 bridgehead atoms. The van der Waals surface area contributed by atoms with E-state index in [9.17, 15) is 4.79 Å². The molecule has 0 saturated carbocycles. The SMILES string of the molecule is CN(C)CCC1=CC(=O)C(OCc2ccccc2)C=N1. The van der Waals surface area contributed by atoms with Crippen LogP contribution in [-0.4, -0.2) is 43.6 Å². The topological polar surface area (TPSA) is 41.9 Å². The van der Waals surface area contributed by atoms with Gasteiger partial charge in [-0.1, -0.05) is 30.3 Å². The van der Waals surface area contributed by atoms with Crippen molar-refractivity contribution in [2.75, 3.05) is 20.6 Å². The molecule has 1 aliphatic heterocycles. The first-order chi connectivity index (χ1) is 9.65. The summed E-state index contributed by atoms with van der Waals surface area (Å²) >= 11 is 0. The number of hydrogen-bond acceptors (Lipinski definition) is 4. The Hall–Kier alpha value is -1.78. The van der Waals surface area contributed by atoms with Crippen LogP contribution in [0.15, 0.2) is 47.1 Å². The van der Waals surface area contributed by atoms with Gasteiger partial charge in [0.15, 0.2) is 11.9 Å². The third-order valence-electron chi connectivity index (χ3n) is 3.05. The Bertz CT molecular complexity index is 506. The van der Waals surface area contributed by atoms with E-state index in [4.69, 9.17) is 4.74 Å². The first kappa shape index (κ1) is 14.6. The number of nitrogens with zero attached hydrogens (tertiary/aromatic N) is 2. The van der Waals surface area contributed by atoms with Crippen molar-refractivity contribution in [2.45, 2.75) is 19.1 Å². The van der Waals surface area contributed by atoms with E-state index in [2.05, 4.69) is 9.89 Å². The van der Waals surface area contributed by atoms with Crippen molar-refractivity contribution in [1.29, 1.82) is 0 Å². The minimum atomic E-state index is -0.557. The lowest BCUT2D eigenvalue weighted by atomic mass is 10.1. The zero-order chi connectivity index (χ0) is 14.4. The molecule has 1 heterocycles. The number of carbonyl (C=O) groups excluding carboxylic acids is 1. The molecule has 0 N–H and O–H groups in total. The maximum absolute atomic E-state index is 12.0. The van der Waals surface area contributed by atoms with Crippen LogP contribution in [0.4, 0.5) is 0 Å². The molecule has 0 amide bonds. The smallest absolute Gasteiger partial charge is 0.191 e. The zero-order valence-corrected chi connectivity index (χ0v) is 12.0. The molecule has 1 unspecified atom stereocenters. The molecule has 0 aliphatic carbocycles. The van der Waals surface area contributed by atoms with Gasteiger partial charge < -0.3 is 9.64 Å². The summed E-state index contributed by atoms with van der Waals surface area (Å²) in [5.74, 6) is -0.0234. The third-order valence-corrected chi connectivity index (χ3v) is 3.05. The average molecular weight is 272 g/mol. The predicted molar refractivity (Wildman–Crippen MR) is 79.8 cm³/mol. The second-order valence-electron chi connectivity index (χ2n) is 5.09. The molecular formula is C16H20N2O2. The van der Waals surface area contributed by atoms with Gasteiger partial charge in [0.05, 0.1) is 6.61 Å². The Balaban J connectivity index is 1.84. The van der Waals surface area contributed by atoms with Crippen molar-refractivity contribution < 1.29 is 9.53 Å². The summed E-state index contributed by atoms with van der Waals surface area (Å²) in [6, 6.07) is 9.81. The fourth-order valence-electron chi connectivity index (χ4n) is 1.88. The van der Waals surface area contributed by atoms with E-state index in [0.717, 1.165) is 24.2 Å². The van der Waals surface area contributed by atoms with Gasteiger partial charge in [-0.15, -0.1) is 0 Å². The standard InChI is InChI=1S/C16H20N2O2/c1-18(2)9-8-14-10-15(19)16(11-17-14)20-12-13-6-4-3-5-7-13/h3-7,10-11,16H,8-9,12H2,1-2H3. The molecule has 2 rings (SSSR count). The van der Waals surface area contributed by atoms with Gasteiger partial charge in [-0.2, -0.15) is 0 Å². The Kier molecular flexibility index (Phi) is 5.21. The molecule has 4 heteroatoms. The lowest BCUT2D eigenvalue weighted by Crippen LogP contribution is -2.27. The fraction of sp³-hybridized carbons (Fsp3) is 0.375. The van der Waals surface area contributed by atoms with Crippen LogP contribution in [0, 0.1) is 0 Å². The minimum Gasteiger partial charge on any atom is -0.360 e. The van der Waals surface area contributed by atoms with Crippen LogP contribution in [0.3, 0.4) is 0 Å². The molecule has 1 aromatic rings. The van der Waals surface area contributed by atoms with Gasteiger partial charge in [0.2, 0.25) is 0 Å². The summed E-state index contributed by atoms with van der Waals surface area (Å²) < 4.78 is 5.60. The highest BCUT2D eigenvalue weighted by Crippen LogP contribution is 2.12. The van der Waals surface area contributed by atoms with Crippen molar-refractivity contribution in [3.8, 4) is 0 Å². The Labute approximate surface area is 119 Å². The van der Waals surface area contributed by atoms with Crippen LogP contribution in [0.1, 0.15) is 12.0 Å². The van der Waals surface area contributed by atoms with Gasteiger partial charge in [0.25, 0.3) is 0 Å². The van der Waals surface area contributed by atoms with Crippen LogP contribution in [0.2, 0.25) is 0 Å². The second kappa shape index (κ2) is 7.12. The van der Waals surface area contributed by atoms with E-state index in [1.54, 1.807) is 12.3 Å². The lowest BCUT2D eigenvalue weighted by Gasteiger charge is -2.16. The number of hydrogen-bond donors (Lipinski definition) is 0. The number of carbonyl (C=O) groups is 1. The van der Waals surface area contributed by atoms with Gasteiger partial charge in [0.1, 0.15) is 0 Å². The Morgan fingerprint density at radius 3 is 2.65 bits per heavy atom. The van der Waals surface area contributed by atoms with Gasteiger partial charge in [0, 0.05) is 31.0 Å². The highest BCUT2D eigenvalue weighted by molar-refractivity contribution is 6.06. The van der Waals surface area contributed by atoms with Crippen molar-refractivity contribution in [1.82, 2.24) is 4.90 Å². The molecular weight excluding hydrogens is 252 g/mol. The highest BCUT2D eigenvalue weighted by atomic mass is 16.5. The number of ether oxygens (including phenoxy) is 1. The van der Waals surface area contributed by atoms with Gasteiger partial charge >= 0.3 is 0 Å². The molecule has 0 fully saturated rings. The average Bonchev–Trinajstić information content (AvgIpc) is 2.45. The molecule has 0 spiro atoms. The van der Waals surface area contributed by atoms with E-state index in [-0.39, 0.29) is 5.78 Å². The van der Waals surface area contributed by atoms with Crippen LogP contribution < -0.4 is 0 Å². The summed E-state index contributed by atoms with van der Waals surface area (Å²) in [6.45, 7) is 1.30. The van der Waals surface area contributed by atoms with Crippen LogP contribution in [0.5, 0.6) is 0 Å². The van der Waals surface area contributed by atoms with Gasteiger partial charge in [-0.05, 0) is 19.7 Å². The van der Waals surface area contributed by atoms with Crippen molar-refractivity contribution in [2.24, 2.45) is 4.99 Å². The van der Waals surface area contributed by atoms with Crippen molar-refractivity contribution in [3.05, 3.63) is 47.7 Å². The summed E-state index contributed by atoms with van der Waals surface area (Å²) in [4.78, 5) is 18.3. The van der Waals surface area contributed by atoms with Crippen molar-refractivity contribution in [3.63, 3.8) is 0 Å². The minimum absolute atomic E-state index is 0.0234. The first-order valence-electron chi connectivity index (χ1n) is 6.74. The zero-order valence-electron chi connectivity index (χ0n) is 12.0. The quantitative estimate of drug-likeness (QED) is 0.796. The molecule has 106 valence electrons. The van der Waals surface area contributed by atoms with Gasteiger partial charge in [-0.25, -0.2) is 0 Å². The van der Waals surface area contributed by atoms with Crippen molar-refractivity contribution >= 4 is 12.0 Å². The molecule has 20 heavy (non-hydrogen) atoms. The van der Waals surface area contributed by atoms with Gasteiger partial charge in [-0.3, -0.25) is 9.79 Å². The summed E-state index contributed by atoms with van der Waals surface area (Å²) in [5.41, 5.74) is 1.87. The van der Waals surface area contributed by atoms with E-state index in [0.29, 0.717) is 6.61 Å². The monoisotopic (exact) mass is 272 g/mol. The lowest BCUT2D eigenvalue weighted by molar-refractivity contribution is -0.122. The fourth-order valence-corrected chi connectivity index (χ4v) is 1.88. The molecule has 4 nitrogen and oxygen atoms in total. The largest absolute Gasteiger partial charge is 0.360 e. The molecule has 1 aliphatic rings. The van der Waals surface area contributed by atoms with E-state index in [1.807, 2.05) is 44.4 Å². The molecule has 0 radical (unpaired) electrons. The number of ketones is 1. The third kappa shape index (κ3) is 4.40. The number of benzene rings is 1. The van der Waals surface area contributed by atoms with Crippen LogP contribution in [-0.2, 0) is 16.1 Å². The van der Waals surface area contributed by atoms with E-state index in [1.165, 1.54) is 0 Å². The summed E-state index contributed by atoms with van der Waals surface area (Å²) in [5, 5.41) is 0. The first-order valence-corrected chi connectivity index (χ1v) is 6.74. The number of rotatable bonds is 6. The molecule has 0 aromatic heterocycles. The maximum atomic E-state index is 12.0. The summed E-state index contributed by atoms with van der Waals surface area (Å²) in [7, 11) is 4.00. The van der Waals surface area contributed by atoms with Crippen LogP contribution >= 0.6 is 0 Å². The highest BCUT2D eigenvalue weighted by Gasteiger charge is 2.19. The second-order valence-corrected chi connectivity index (χ2v) is 5.09. The van der Waals surface area contributed by atoms with E-state index >= 15 is 0 Å². The molecule has 0 saturated heterocycles. The molecule has 1 atom stereocenters. The van der Waals surface area contributed by atoms with Crippen LogP contribution in [0.25, 0.3) is 0 Å². The van der Waals surface area contributed by atoms with E-state index < -0.39 is 6.10 Å². The normalized spacial score (nSPS) is 18.4. The predicted octanol–water partition coefficient (Wildman–Crippen LogP) is 2.06.